The Hall–Kier alpha value is -1.33. The van der Waals surface area contributed by atoms with Gasteiger partial charge in [0.25, 0.3) is 0 Å². The third-order valence-corrected chi connectivity index (χ3v) is 2.79. The molecule has 16 heavy (non-hydrogen) atoms. The van der Waals surface area contributed by atoms with Crippen molar-refractivity contribution in [2.75, 3.05) is 7.11 Å². The van der Waals surface area contributed by atoms with E-state index in [0.717, 1.165) is 21.5 Å². The van der Waals surface area contributed by atoms with Crippen molar-refractivity contribution in [3.63, 3.8) is 0 Å². The maximum atomic E-state index is 5.43. The summed E-state index contributed by atoms with van der Waals surface area (Å²) in [4.78, 5) is 4.24. The summed E-state index contributed by atoms with van der Waals surface area (Å²) in [6, 6.07) is 5.72. The lowest BCUT2D eigenvalue weighted by atomic mass is 10.2. The Morgan fingerprint density at radius 1 is 1.50 bits per heavy atom. The molecule has 0 radical (unpaired) electrons. The number of methoxy groups -OCH3 is 1. The summed E-state index contributed by atoms with van der Waals surface area (Å²) >= 11 is 3.42. The number of nitrogens with zero attached hydrogens (tertiary/aromatic N) is 1. The van der Waals surface area contributed by atoms with Crippen LogP contribution in [0.25, 0.3) is 11.3 Å². The van der Waals surface area contributed by atoms with Gasteiger partial charge in [-0.05, 0) is 34.1 Å². The number of oxazole rings is 1. The molecule has 0 fully saturated rings. The van der Waals surface area contributed by atoms with Crippen LogP contribution in [0.3, 0.4) is 0 Å². The molecule has 0 unspecified atom stereocenters. The molecule has 2 aromatic rings. The highest BCUT2D eigenvalue weighted by Crippen LogP contribution is 2.30. The molecule has 0 atom stereocenters. The fourth-order valence-corrected chi connectivity index (χ4v) is 1.90. The van der Waals surface area contributed by atoms with E-state index in [4.69, 9.17) is 14.9 Å². The smallest absolute Gasteiger partial charge is 0.208 e. The van der Waals surface area contributed by atoms with Crippen LogP contribution in [0.2, 0.25) is 0 Å². The number of ether oxygens (including phenoxy) is 1. The molecule has 5 heteroatoms. The van der Waals surface area contributed by atoms with Gasteiger partial charge >= 0.3 is 0 Å². The summed E-state index contributed by atoms with van der Waals surface area (Å²) in [7, 11) is 1.63. The highest BCUT2D eigenvalue weighted by Gasteiger charge is 2.07. The Bertz CT molecular complexity index is 496. The molecule has 2 rings (SSSR count). The van der Waals surface area contributed by atoms with Crippen molar-refractivity contribution < 1.29 is 9.15 Å². The van der Waals surface area contributed by atoms with Gasteiger partial charge < -0.3 is 14.9 Å². The van der Waals surface area contributed by atoms with Crippen LogP contribution < -0.4 is 10.5 Å². The summed E-state index contributed by atoms with van der Waals surface area (Å²) in [6.07, 6.45) is 1.59. The van der Waals surface area contributed by atoms with Gasteiger partial charge in [-0.3, -0.25) is 0 Å². The molecule has 0 amide bonds. The van der Waals surface area contributed by atoms with Crippen molar-refractivity contribution in [2.24, 2.45) is 5.73 Å². The Labute approximate surface area is 102 Å². The van der Waals surface area contributed by atoms with Crippen molar-refractivity contribution in [3.05, 3.63) is 34.8 Å². The fraction of sp³-hybridized carbons (Fsp3) is 0.182. The van der Waals surface area contributed by atoms with Crippen LogP contribution in [0.5, 0.6) is 5.75 Å². The number of nitrogens with two attached hydrogens (primary N) is 1. The van der Waals surface area contributed by atoms with Gasteiger partial charge in [0.1, 0.15) is 17.7 Å². The first kappa shape index (κ1) is 11.2. The largest absolute Gasteiger partial charge is 0.496 e. The Balaban J connectivity index is 2.37. The quantitative estimate of drug-likeness (QED) is 0.940. The van der Waals surface area contributed by atoms with Crippen LogP contribution >= 0.6 is 15.9 Å². The topological polar surface area (TPSA) is 61.3 Å². The Morgan fingerprint density at radius 2 is 2.31 bits per heavy atom. The summed E-state index contributed by atoms with van der Waals surface area (Å²) < 4.78 is 11.2. The van der Waals surface area contributed by atoms with Crippen molar-refractivity contribution in [1.29, 1.82) is 0 Å². The molecule has 0 aliphatic rings. The zero-order valence-corrected chi connectivity index (χ0v) is 10.3. The monoisotopic (exact) mass is 282 g/mol. The third-order valence-electron chi connectivity index (χ3n) is 2.17. The van der Waals surface area contributed by atoms with E-state index in [-0.39, 0.29) is 0 Å². The lowest BCUT2D eigenvalue weighted by Crippen LogP contribution is -1.95. The number of benzene rings is 1. The Kier molecular flexibility index (Phi) is 3.26. The molecule has 4 nitrogen and oxygen atoms in total. The molecule has 0 saturated carbocycles. The van der Waals surface area contributed by atoms with Crippen LogP contribution in [-0.2, 0) is 6.54 Å². The molecule has 2 N–H and O–H groups in total. The molecular formula is C11H11BrN2O2. The van der Waals surface area contributed by atoms with E-state index in [1.165, 1.54) is 0 Å². The number of rotatable bonds is 3. The van der Waals surface area contributed by atoms with Crippen LogP contribution in [-0.4, -0.2) is 12.1 Å². The van der Waals surface area contributed by atoms with E-state index in [0.29, 0.717) is 12.4 Å². The standard InChI is InChI=1S/C11H11BrN2O2/c1-15-10-3-2-7(4-8(10)12)9-6-16-11(5-13)14-9/h2-4,6H,5,13H2,1H3. The molecule has 1 heterocycles. The average Bonchev–Trinajstić information content (AvgIpc) is 2.77. The van der Waals surface area contributed by atoms with Crippen molar-refractivity contribution in [2.45, 2.75) is 6.54 Å². The van der Waals surface area contributed by atoms with Gasteiger partial charge in [0.2, 0.25) is 5.89 Å². The second-order valence-corrected chi connectivity index (χ2v) is 4.03. The maximum absolute atomic E-state index is 5.43. The molecule has 0 saturated heterocycles. The Morgan fingerprint density at radius 3 is 2.88 bits per heavy atom. The predicted octanol–water partition coefficient (Wildman–Crippen LogP) is 2.57. The maximum Gasteiger partial charge on any atom is 0.208 e. The second kappa shape index (κ2) is 4.67. The third kappa shape index (κ3) is 2.10. The van der Waals surface area contributed by atoms with E-state index < -0.39 is 0 Å². The van der Waals surface area contributed by atoms with Gasteiger partial charge in [-0.15, -0.1) is 0 Å². The molecule has 1 aromatic carbocycles. The first-order valence-corrected chi connectivity index (χ1v) is 5.52. The highest BCUT2D eigenvalue weighted by molar-refractivity contribution is 9.10. The zero-order valence-electron chi connectivity index (χ0n) is 8.74. The lowest BCUT2D eigenvalue weighted by Gasteiger charge is -2.03. The van der Waals surface area contributed by atoms with Gasteiger partial charge in [-0.1, -0.05) is 0 Å². The van der Waals surface area contributed by atoms with Gasteiger partial charge in [-0.2, -0.15) is 0 Å². The summed E-state index contributed by atoms with van der Waals surface area (Å²) in [5.74, 6) is 1.31. The van der Waals surface area contributed by atoms with E-state index in [2.05, 4.69) is 20.9 Å². The molecular weight excluding hydrogens is 272 g/mol. The molecule has 0 bridgehead atoms. The summed E-state index contributed by atoms with van der Waals surface area (Å²) in [5.41, 5.74) is 7.15. The van der Waals surface area contributed by atoms with Gasteiger partial charge in [-0.25, -0.2) is 4.98 Å². The predicted molar refractivity (Wildman–Crippen MR) is 64.1 cm³/mol. The first-order chi connectivity index (χ1) is 7.74. The SMILES string of the molecule is COc1ccc(-c2coc(CN)n2)cc1Br. The molecule has 1 aromatic heterocycles. The number of hydrogen-bond acceptors (Lipinski definition) is 4. The first-order valence-electron chi connectivity index (χ1n) is 4.73. The minimum absolute atomic E-state index is 0.303. The van der Waals surface area contributed by atoms with Crippen LogP contribution in [0.4, 0.5) is 0 Å². The highest BCUT2D eigenvalue weighted by atomic mass is 79.9. The van der Waals surface area contributed by atoms with Gasteiger partial charge in [0.05, 0.1) is 18.1 Å². The lowest BCUT2D eigenvalue weighted by molar-refractivity contribution is 0.412. The van der Waals surface area contributed by atoms with E-state index in [9.17, 15) is 0 Å². The minimum Gasteiger partial charge on any atom is -0.496 e. The summed E-state index contributed by atoms with van der Waals surface area (Å²) in [6.45, 7) is 0.303. The fourth-order valence-electron chi connectivity index (χ4n) is 1.36. The molecule has 0 aliphatic heterocycles. The van der Waals surface area contributed by atoms with Gasteiger partial charge in [0, 0.05) is 5.56 Å². The molecule has 84 valence electrons. The number of aromatic nitrogens is 1. The van der Waals surface area contributed by atoms with Gasteiger partial charge in [0.15, 0.2) is 0 Å². The van der Waals surface area contributed by atoms with E-state index in [1.807, 2.05) is 18.2 Å². The molecule has 0 aliphatic carbocycles. The average molecular weight is 283 g/mol. The zero-order chi connectivity index (χ0) is 11.5. The second-order valence-electron chi connectivity index (χ2n) is 3.18. The van der Waals surface area contributed by atoms with Crippen LogP contribution in [0.1, 0.15) is 5.89 Å². The van der Waals surface area contributed by atoms with Crippen molar-refractivity contribution >= 4 is 15.9 Å². The molecule has 0 spiro atoms. The number of halogens is 1. The van der Waals surface area contributed by atoms with E-state index in [1.54, 1.807) is 13.4 Å². The van der Waals surface area contributed by atoms with Crippen molar-refractivity contribution in [3.8, 4) is 17.0 Å². The van der Waals surface area contributed by atoms with Crippen LogP contribution in [0.15, 0.2) is 33.4 Å². The minimum atomic E-state index is 0.303. The van der Waals surface area contributed by atoms with Crippen LogP contribution in [0, 0.1) is 0 Å². The normalized spacial score (nSPS) is 10.4. The van der Waals surface area contributed by atoms with Crippen molar-refractivity contribution in [1.82, 2.24) is 4.98 Å². The number of hydrogen-bond donors (Lipinski definition) is 1. The van der Waals surface area contributed by atoms with E-state index >= 15 is 0 Å². The summed E-state index contributed by atoms with van der Waals surface area (Å²) in [5, 5.41) is 0.